The highest BCUT2D eigenvalue weighted by Crippen LogP contribution is 2.42. The lowest BCUT2D eigenvalue weighted by Crippen LogP contribution is -2.42. The van der Waals surface area contributed by atoms with Gasteiger partial charge < -0.3 is 10.1 Å². The van der Waals surface area contributed by atoms with E-state index < -0.39 is 0 Å². The predicted molar refractivity (Wildman–Crippen MR) is 81.2 cm³/mol. The van der Waals surface area contributed by atoms with Crippen molar-refractivity contribution >= 4 is 0 Å². The van der Waals surface area contributed by atoms with Gasteiger partial charge in [-0.15, -0.1) is 0 Å². The van der Waals surface area contributed by atoms with E-state index in [0.717, 1.165) is 5.75 Å². The Morgan fingerprint density at radius 3 is 2.70 bits per heavy atom. The Bertz CT molecular complexity index is 442. The van der Waals surface area contributed by atoms with Crippen LogP contribution in [-0.2, 0) is 0 Å². The molecule has 3 nitrogen and oxygen atoms in total. The summed E-state index contributed by atoms with van der Waals surface area (Å²) in [5.41, 5.74) is 1.83. The van der Waals surface area contributed by atoms with Crippen molar-refractivity contribution in [2.75, 3.05) is 6.54 Å². The van der Waals surface area contributed by atoms with Crippen molar-refractivity contribution < 1.29 is 4.74 Å². The molecule has 1 saturated heterocycles. The van der Waals surface area contributed by atoms with Crippen molar-refractivity contribution in [2.24, 2.45) is 0 Å². The highest BCUT2D eigenvalue weighted by molar-refractivity contribution is 5.27. The summed E-state index contributed by atoms with van der Waals surface area (Å²) >= 11 is 0. The van der Waals surface area contributed by atoms with Gasteiger partial charge >= 0.3 is 0 Å². The summed E-state index contributed by atoms with van der Waals surface area (Å²) in [6, 6.07) is 2.19. The molecule has 1 spiro atoms. The highest BCUT2D eigenvalue weighted by Gasteiger charge is 2.37. The molecule has 2 heterocycles. The van der Waals surface area contributed by atoms with Crippen molar-refractivity contribution in [3.8, 4) is 5.75 Å². The van der Waals surface area contributed by atoms with E-state index in [4.69, 9.17) is 4.74 Å². The normalized spacial score (nSPS) is 30.1. The van der Waals surface area contributed by atoms with Crippen molar-refractivity contribution in [1.82, 2.24) is 10.3 Å². The van der Waals surface area contributed by atoms with Crippen molar-refractivity contribution in [1.29, 1.82) is 0 Å². The third-order valence-electron chi connectivity index (χ3n) is 4.85. The topological polar surface area (TPSA) is 34.1 Å². The maximum atomic E-state index is 5.76. The third kappa shape index (κ3) is 2.98. The summed E-state index contributed by atoms with van der Waals surface area (Å²) in [5, 5.41) is 3.74. The largest absolute Gasteiger partial charge is 0.489 e. The van der Waals surface area contributed by atoms with Crippen molar-refractivity contribution in [2.45, 2.75) is 69.9 Å². The Balaban J connectivity index is 1.65. The molecule has 0 radical (unpaired) electrons. The van der Waals surface area contributed by atoms with Crippen LogP contribution in [-0.4, -0.2) is 23.2 Å². The summed E-state index contributed by atoms with van der Waals surface area (Å²) in [4.78, 5) is 4.36. The van der Waals surface area contributed by atoms with Crippen LogP contribution < -0.4 is 10.1 Å². The number of nitrogens with one attached hydrogen (secondary N) is 1. The summed E-state index contributed by atoms with van der Waals surface area (Å²) in [6.45, 7) is 5.33. The molecule has 1 aliphatic heterocycles. The van der Waals surface area contributed by atoms with E-state index in [2.05, 4.69) is 30.2 Å². The fourth-order valence-corrected chi connectivity index (χ4v) is 3.79. The molecule has 20 heavy (non-hydrogen) atoms. The Morgan fingerprint density at radius 1 is 1.25 bits per heavy atom. The number of hydrogen-bond acceptors (Lipinski definition) is 3. The van der Waals surface area contributed by atoms with E-state index in [-0.39, 0.29) is 6.10 Å². The third-order valence-corrected chi connectivity index (χ3v) is 4.85. The van der Waals surface area contributed by atoms with Gasteiger partial charge in [0.25, 0.3) is 0 Å². The van der Waals surface area contributed by atoms with Gasteiger partial charge in [-0.2, -0.15) is 0 Å². The molecule has 110 valence electrons. The van der Waals surface area contributed by atoms with Crippen LogP contribution in [0.15, 0.2) is 18.5 Å². The van der Waals surface area contributed by atoms with Crippen LogP contribution in [0.2, 0.25) is 0 Å². The van der Waals surface area contributed by atoms with E-state index in [1.165, 1.54) is 50.6 Å². The first kappa shape index (κ1) is 13.9. The quantitative estimate of drug-likeness (QED) is 0.913. The van der Waals surface area contributed by atoms with Crippen molar-refractivity contribution in [3.05, 3.63) is 24.0 Å². The second-order valence-electron chi connectivity index (χ2n) is 6.71. The second-order valence-corrected chi connectivity index (χ2v) is 6.71. The lowest BCUT2D eigenvalue weighted by atomic mass is 9.74. The molecule has 2 aliphatic rings. The maximum absolute atomic E-state index is 5.76. The first-order valence-electron chi connectivity index (χ1n) is 8.04. The van der Waals surface area contributed by atoms with E-state index >= 15 is 0 Å². The first-order chi connectivity index (χ1) is 9.67. The molecule has 1 aromatic rings. The minimum absolute atomic E-state index is 0.212. The average Bonchev–Trinajstić information content (AvgIpc) is 2.87. The van der Waals surface area contributed by atoms with Crippen molar-refractivity contribution in [3.63, 3.8) is 0 Å². The minimum atomic E-state index is 0.212. The van der Waals surface area contributed by atoms with Gasteiger partial charge in [0.05, 0.1) is 12.3 Å². The van der Waals surface area contributed by atoms with Gasteiger partial charge in [-0.3, -0.25) is 4.98 Å². The van der Waals surface area contributed by atoms with Gasteiger partial charge in [0.2, 0.25) is 0 Å². The Morgan fingerprint density at radius 2 is 2.05 bits per heavy atom. The number of hydrogen-bond donors (Lipinski definition) is 1. The molecule has 1 N–H and O–H groups in total. The van der Waals surface area contributed by atoms with Gasteiger partial charge in [-0.1, -0.05) is 0 Å². The minimum Gasteiger partial charge on any atom is -0.489 e. The molecule has 1 aromatic heterocycles. The number of pyridine rings is 1. The zero-order chi connectivity index (χ0) is 14.0. The smallest absolute Gasteiger partial charge is 0.138 e. The molecule has 0 amide bonds. The molecule has 1 saturated carbocycles. The number of nitrogens with zero attached hydrogens (tertiary/aromatic N) is 1. The zero-order valence-electron chi connectivity index (χ0n) is 12.7. The van der Waals surface area contributed by atoms with E-state index in [0.29, 0.717) is 11.5 Å². The predicted octanol–water partition coefficient (Wildman–Crippen LogP) is 3.65. The molecule has 1 aliphatic carbocycles. The Hall–Kier alpha value is -1.09. The average molecular weight is 274 g/mol. The zero-order valence-corrected chi connectivity index (χ0v) is 12.7. The number of rotatable bonds is 3. The van der Waals surface area contributed by atoms with Crippen LogP contribution in [0.1, 0.15) is 63.9 Å². The SMILES string of the molecule is CC(C)Oc1cncc(C2CCC3(CCCN3)CC2)c1. The highest BCUT2D eigenvalue weighted by atomic mass is 16.5. The Labute approximate surface area is 122 Å². The monoisotopic (exact) mass is 274 g/mol. The molecular formula is C17H26N2O. The van der Waals surface area contributed by atoms with Gasteiger partial charge in [-0.05, 0) is 76.5 Å². The fourth-order valence-electron chi connectivity index (χ4n) is 3.79. The first-order valence-corrected chi connectivity index (χ1v) is 8.04. The summed E-state index contributed by atoms with van der Waals surface area (Å²) in [5.74, 6) is 1.57. The number of aromatic nitrogens is 1. The van der Waals surface area contributed by atoms with Crippen LogP contribution in [0, 0.1) is 0 Å². The van der Waals surface area contributed by atoms with Gasteiger partial charge in [-0.25, -0.2) is 0 Å². The summed E-state index contributed by atoms with van der Waals surface area (Å²) in [6.07, 6.45) is 12.0. The maximum Gasteiger partial charge on any atom is 0.138 e. The lowest BCUT2D eigenvalue weighted by molar-refractivity contribution is 0.236. The van der Waals surface area contributed by atoms with E-state index in [1.54, 1.807) is 0 Å². The van der Waals surface area contributed by atoms with Crippen LogP contribution in [0.4, 0.5) is 0 Å². The molecule has 0 aromatic carbocycles. The second kappa shape index (κ2) is 5.72. The molecule has 0 bridgehead atoms. The fraction of sp³-hybridized carbons (Fsp3) is 0.706. The lowest BCUT2D eigenvalue weighted by Gasteiger charge is -2.37. The van der Waals surface area contributed by atoms with Crippen LogP contribution in [0.3, 0.4) is 0 Å². The van der Waals surface area contributed by atoms with Crippen LogP contribution in [0.5, 0.6) is 5.75 Å². The standard InChI is InChI=1S/C17H26N2O/c1-13(2)20-16-10-15(11-18-12-16)14-4-7-17(8-5-14)6-3-9-19-17/h10-14,19H,3-9H2,1-2H3. The summed E-state index contributed by atoms with van der Waals surface area (Å²) in [7, 11) is 0. The van der Waals surface area contributed by atoms with Crippen LogP contribution in [0.25, 0.3) is 0 Å². The molecular weight excluding hydrogens is 248 g/mol. The van der Waals surface area contributed by atoms with E-state index in [9.17, 15) is 0 Å². The molecule has 0 atom stereocenters. The molecule has 0 unspecified atom stereocenters. The summed E-state index contributed by atoms with van der Waals surface area (Å²) < 4.78 is 5.76. The van der Waals surface area contributed by atoms with Gasteiger partial charge in [0.15, 0.2) is 0 Å². The van der Waals surface area contributed by atoms with E-state index in [1.807, 2.05) is 12.4 Å². The van der Waals surface area contributed by atoms with Crippen LogP contribution >= 0.6 is 0 Å². The van der Waals surface area contributed by atoms with Gasteiger partial charge in [0.1, 0.15) is 5.75 Å². The molecule has 3 rings (SSSR count). The molecule has 2 fully saturated rings. The molecule has 3 heteroatoms. The van der Waals surface area contributed by atoms with Gasteiger partial charge in [0, 0.05) is 11.7 Å². The number of ether oxygens (including phenoxy) is 1. The Kier molecular flexibility index (Phi) is 3.97.